The van der Waals surface area contributed by atoms with E-state index in [0.29, 0.717) is 22.9 Å². The second kappa shape index (κ2) is 5.76. The van der Waals surface area contributed by atoms with Crippen LogP contribution in [0.15, 0.2) is 42.6 Å². The van der Waals surface area contributed by atoms with E-state index < -0.39 is 0 Å². The van der Waals surface area contributed by atoms with Crippen molar-refractivity contribution < 1.29 is 9.18 Å². The van der Waals surface area contributed by atoms with Crippen LogP contribution in [0.25, 0.3) is 0 Å². The lowest BCUT2D eigenvalue weighted by molar-refractivity contribution is 0.0946. The molecule has 1 heterocycles. The molecule has 0 unspecified atom stereocenters. The molecule has 1 amide bonds. The van der Waals surface area contributed by atoms with Crippen LogP contribution in [0.2, 0.25) is 0 Å². The predicted octanol–water partition coefficient (Wildman–Crippen LogP) is 2.51. The highest BCUT2D eigenvalue weighted by atomic mass is 19.1. The monoisotopic (exact) mass is 280 g/mol. The van der Waals surface area contributed by atoms with Crippen LogP contribution in [0.1, 0.15) is 34.5 Å². The van der Waals surface area contributed by atoms with Gasteiger partial charge in [0.15, 0.2) is 0 Å². The molecule has 3 rings (SSSR count). The molecule has 1 aliphatic carbocycles. The predicted molar refractivity (Wildman–Crippen MR) is 77.1 cm³/mol. The van der Waals surface area contributed by atoms with Crippen LogP contribution in [-0.2, 0) is 0 Å². The normalized spacial score (nSPS) is 13.2. The van der Waals surface area contributed by atoms with Crippen LogP contribution >= 0.6 is 0 Å². The molecule has 0 atom stereocenters. The topological polar surface area (TPSA) is 42.0 Å². The maximum Gasteiger partial charge on any atom is 0.270 e. The summed E-state index contributed by atoms with van der Waals surface area (Å²) >= 11 is 0. The molecule has 21 heavy (non-hydrogen) atoms. The average Bonchev–Trinajstić information content (AvgIpc) is 3.30. The average molecular weight is 280 g/mol. The van der Waals surface area contributed by atoms with Crippen LogP contribution in [-0.4, -0.2) is 16.9 Å². The number of pyridine rings is 1. The molecule has 0 bridgehead atoms. The van der Waals surface area contributed by atoms with Gasteiger partial charge in [0.25, 0.3) is 5.91 Å². The first-order valence-corrected chi connectivity index (χ1v) is 6.75. The molecule has 0 spiro atoms. The van der Waals surface area contributed by atoms with E-state index in [1.54, 1.807) is 30.5 Å². The summed E-state index contributed by atoms with van der Waals surface area (Å²) in [6, 6.07) is 9.79. The third kappa shape index (κ3) is 3.67. The number of aromatic nitrogens is 1. The molecule has 0 radical (unpaired) electrons. The van der Waals surface area contributed by atoms with Crippen molar-refractivity contribution in [2.24, 2.45) is 0 Å². The van der Waals surface area contributed by atoms with Gasteiger partial charge in [-0.25, -0.2) is 9.37 Å². The standard InChI is InChI=1S/C17H13FN2O/c18-14-3-1-2-12(10-14)4-5-13-6-9-16(19-11-13)17(21)20-15-7-8-15/h1-3,6,9-11,15H,7-8H2,(H,20,21). The first kappa shape index (κ1) is 13.3. The van der Waals surface area contributed by atoms with E-state index in [1.807, 2.05) is 0 Å². The zero-order valence-corrected chi connectivity index (χ0v) is 11.3. The van der Waals surface area contributed by atoms with E-state index in [2.05, 4.69) is 22.1 Å². The first-order valence-electron chi connectivity index (χ1n) is 6.75. The number of hydrogen-bond acceptors (Lipinski definition) is 2. The van der Waals surface area contributed by atoms with E-state index in [1.165, 1.54) is 12.1 Å². The fourth-order valence-corrected chi connectivity index (χ4v) is 1.80. The third-order valence-corrected chi connectivity index (χ3v) is 3.08. The summed E-state index contributed by atoms with van der Waals surface area (Å²) in [7, 11) is 0. The van der Waals surface area contributed by atoms with Crippen LogP contribution in [0.4, 0.5) is 4.39 Å². The van der Waals surface area contributed by atoms with Gasteiger partial charge in [-0.3, -0.25) is 4.79 Å². The van der Waals surface area contributed by atoms with Crippen molar-refractivity contribution in [3.8, 4) is 11.8 Å². The second-order valence-corrected chi connectivity index (χ2v) is 4.94. The fraction of sp³-hybridized carbons (Fsp3) is 0.176. The molecule has 1 aromatic heterocycles. The van der Waals surface area contributed by atoms with Crippen LogP contribution in [0, 0.1) is 17.7 Å². The molecule has 3 nitrogen and oxygen atoms in total. The number of rotatable bonds is 2. The number of nitrogens with one attached hydrogen (secondary N) is 1. The van der Waals surface area contributed by atoms with E-state index in [-0.39, 0.29) is 11.7 Å². The van der Waals surface area contributed by atoms with Gasteiger partial charge in [-0.1, -0.05) is 17.9 Å². The van der Waals surface area contributed by atoms with Gasteiger partial charge < -0.3 is 5.32 Å². The summed E-state index contributed by atoms with van der Waals surface area (Å²) in [5, 5.41) is 2.87. The van der Waals surface area contributed by atoms with Gasteiger partial charge in [0.2, 0.25) is 0 Å². The number of carbonyl (C=O) groups is 1. The molecular formula is C17H13FN2O. The minimum Gasteiger partial charge on any atom is -0.348 e. The van der Waals surface area contributed by atoms with Crippen molar-refractivity contribution in [2.45, 2.75) is 18.9 Å². The van der Waals surface area contributed by atoms with Crippen molar-refractivity contribution in [3.63, 3.8) is 0 Å². The maximum atomic E-state index is 13.0. The number of carbonyl (C=O) groups excluding carboxylic acids is 1. The number of benzene rings is 1. The quantitative estimate of drug-likeness (QED) is 0.859. The molecule has 1 aromatic carbocycles. The van der Waals surface area contributed by atoms with Crippen molar-refractivity contribution in [1.82, 2.24) is 10.3 Å². The minimum atomic E-state index is -0.313. The molecule has 1 fully saturated rings. The Kier molecular flexibility index (Phi) is 3.65. The maximum absolute atomic E-state index is 13.0. The Morgan fingerprint density at radius 3 is 2.67 bits per heavy atom. The Balaban J connectivity index is 1.71. The summed E-state index contributed by atoms with van der Waals surface area (Å²) in [6.07, 6.45) is 3.64. The summed E-state index contributed by atoms with van der Waals surface area (Å²) < 4.78 is 13.0. The number of amides is 1. The van der Waals surface area contributed by atoms with E-state index in [4.69, 9.17) is 0 Å². The Morgan fingerprint density at radius 2 is 2.00 bits per heavy atom. The first-order chi connectivity index (χ1) is 10.2. The largest absolute Gasteiger partial charge is 0.348 e. The highest BCUT2D eigenvalue weighted by molar-refractivity contribution is 5.92. The fourth-order valence-electron chi connectivity index (χ4n) is 1.80. The summed E-state index contributed by atoms with van der Waals surface area (Å²) in [4.78, 5) is 15.9. The van der Waals surface area contributed by atoms with Crippen molar-refractivity contribution in [1.29, 1.82) is 0 Å². The Bertz CT molecular complexity index is 724. The van der Waals surface area contributed by atoms with Gasteiger partial charge in [-0.15, -0.1) is 0 Å². The molecule has 2 aromatic rings. The van der Waals surface area contributed by atoms with E-state index >= 15 is 0 Å². The molecule has 4 heteroatoms. The molecular weight excluding hydrogens is 267 g/mol. The summed E-state index contributed by atoms with van der Waals surface area (Å²) in [6.45, 7) is 0. The van der Waals surface area contributed by atoms with E-state index in [9.17, 15) is 9.18 Å². The minimum absolute atomic E-state index is 0.151. The lowest BCUT2D eigenvalue weighted by Crippen LogP contribution is -2.26. The Morgan fingerprint density at radius 1 is 1.19 bits per heavy atom. The lowest BCUT2D eigenvalue weighted by Gasteiger charge is -2.01. The Hall–Kier alpha value is -2.67. The van der Waals surface area contributed by atoms with Gasteiger partial charge in [0.1, 0.15) is 11.5 Å². The second-order valence-electron chi connectivity index (χ2n) is 4.94. The highest BCUT2D eigenvalue weighted by Crippen LogP contribution is 2.19. The van der Waals surface area contributed by atoms with Gasteiger partial charge in [0, 0.05) is 23.4 Å². The van der Waals surface area contributed by atoms with Crippen LogP contribution < -0.4 is 5.32 Å². The molecule has 1 aliphatic rings. The molecule has 0 saturated heterocycles. The SMILES string of the molecule is O=C(NC1CC1)c1ccc(C#Cc2cccc(F)c2)cn1. The van der Waals surface area contributed by atoms with Crippen LogP contribution in [0.3, 0.4) is 0 Å². The smallest absolute Gasteiger partial charge is 0.270 e. The van der Waals surface area contributed by atoms with Gasteiger partial charge in [-0.2, -0.15) is 0 Å². The molecule has 104 valence electrons. The third-order valence-electron chi connectivity index (χ3n) is 3.08. The Labute approximate surface area is 122 Å². The zero-order valence-electron chi connectivity index (χ0n) is 11.3. The number of halogens is 1. The van der Waals surface area contributed by atoms with Gasteiger partial charge in [-0.05, 0) is 43.2 Å². The summed E-state index contributed by atoms with van der Waals surface area (Å²) in [5.74, 6) is 5.29. The van der Waals surface area contributed by atoms with Crippen molar-refractivity contribution in [3.05, 3.63) is 65.2 Å². The van der Waals surface area contributed by atoms with Gasteiger partial charge in [0.05, 0.1) is 0 Å². The molecule has 1 saturated carbocycles. The van der Waals surface area contributed by atoms with Gasteiger partial charge >= 0.3 is 0 Å². The number of hydrogen-bond donors (Lipinski definition) is 1. The van der Waals surface area contributed by atoms with Crippen molar-refractivity contribution in [2.75, 3.05) is 0 Å². The lowest BCUT2D eigenvalue weighted by atomic mass is 10.2. The number of nitrogens with zero attached hydrogens (tertiary/aromatic N) is 1. The van der Waals surface area contributed by atoms with E-state index in [0.717, 1.165) is 12.8 Å². The molecule has 1 N–H and O–H groups in total. The zero-order chi connectivity index (χ0) is 14.7. The summed E-state index contributed by atoms with van der Waals surface area (Å²) in [5.41, 5.74) is 1.67. The highest BCUT2D eigenvalue weighted by Gasteiger charge is 2.24. The molecule has 0 aliphatic heterocycles. The van der Waals surface area contributed by atoms with Crippen LogP contribution in [0.5, 0.6) is 0 Å². The van der Waals surface area contributed by atoms with Crippen molar-refractivity contribution >= 4 is 5.91 Å².